The molecule has 3 rings (SSSR count). The smallest absolute Gasteiger partial charge is 0.230 e. The number of benzene rings is 2. The van der Waals surface area contributed by atoms with E-state index < -0.39 is 0 Å². The third-order valence-corrected chi connectivity index (χ3v) is 6.11. The summed E-state index contributed by atoms with van der Waals surface area (Å²) < 4.78 is 0. The summed E-state index contributed by atoms with van der Waals surface area (Å²) in [5.41, 5.74) is 3.73. The van der Waals surface area contributed by atoms with Gasteiger partial charge in [0.15, 0.2) is 0 Å². The van der Waals surface area contributed by atoms with Crippen molar-refractivity contribution in [2.45, 2.75) is 38.1 Å². The number of hydrogen-bond acceptors (Lipinski definition) is 3. The number of hydrogen-bond donors (Lipinski definition) is 1. The average Bonchev–Trinajstić information content (AvgIpc) is 2.70. The maximum absolute atomic E-state index is 12.2. The molecule has 1 aliphatic heterocycles. The van der Waals surface area contributed by atoms with Gasteiger partial charge in [0.2, 0.25) is 5.91 Å². The van der Waals surface area contributed by atoms with Gasteiger partial charge in [-0.1, -0.05) is 54.4 Å². The number of halogens is 1. The normalized spacial score (nSPS) is 14.9. The molecule has 5 heteroatoms. The van der Waals surface area contributed by atoms with Crippen LogP contribution in [0.3, 0.4) is 0 Å². The standard InChI is InChI=1S/C22H27ClN2OS/c23-21-10-8-18(9-11-21)16-27-17-22(26)24-14-19-6-2-3-7-20(19)15-25-12-4-1-5-13-25/h2-3,6-11H,1,4-5,12-17H2,(H,24,26). The van der Waals surface area contributed by atoms with Gasteiger partial charge in [-0.2, -0.15) is 0 Å². The van der Waals surface area contributed by atoms with E-state index >= 15 is 0 Å². The lowest BCUT2D eigenvalue weighted by atomic mass is 10.0. The molecular weight excluding hydrogens is 376 g/mol. The van der Waals surface area contributed by atoms with Gasteiger partial charge in [0, 0.05) is 23.9 Å². The monoisotopic (exact) mass is 402 g/mol. The second-order valence-corrected chi connectivity index (χ2v) is 8.42. The number of rotatable bonds is 8. The van der Waals surface area contributed by atoms with Crippen molar-refractivity contribution in [3.05, 3.63) is 70.2 Å². The first-order valence-electron chi connectivity index (χ1n) is 9.59. The summed E-state index contributed by atoms with van der Waals surface area (Å²) in [7, 11) is 0. The summed E-state index contributed by atoms with van der Waals surface area (Å²) in [5.74, 6) is 1.37. The van der Waals surface area contributed by atoms with Crippen molar-refractivity contribution < 1.29 is 4.79 Å². The zero-order valence-electron chi connectivity index (χ0n) is 15.6. The Labute approximate surface area is 171 Å². The molecule has 1 saturated heterocycles. The number of likely N-dealkylation sites (tertiary alicyclic amines) is 1. The molecule has 1 aliphatic rings. The van der Waals surface area contributed by atoms with Crippen LogP contribution in [0.25, 0.3) is 0 Å². The highest BCUT2D eigenvalue weighted by Gasteiger charge is 2.12. The summed E-state index contributed by atoms with van der Waals surface area (Å²) in [6, 6.07) is 16.2. The predicted molar refractivity (Wildman–Crippen MR) is 115 cm³/mol. The first-order chi connectivity index (χ1) is 13.2. The average molecular weight is 403 g/mol. The summed E-state index contributed by atoms with van der Waals surface area (Å²) in [5, 5.41) is 3.81. The molecule has 144 valence electrons. The Bertz CT molecular complexity index is 729. The van der Waals surface area contributed by atoms with Crippen molar-refractivity contribution in [3.8, 4) is 0 Å². The van der Waals surface area contributed by atoms with Crippen LogP contribution in [0.15, 0.2) is 48.5 Å². The Hall–Kier alpha value is -1.49. The molecule has 0 bridgehead atoms. The van der Waals surface area contributed by atoms with E-state index in [4.69, 9.17) is 11.6 Å². The van der Waals surface area contributed by atoms with E-state index in [-0.39, 0.29) is 5.91 Å². The maximum Gasteiger partial charge on any atom is 0.230 e. The Balaban J connectivity index is 1.43. The molecule has 1 N–H and O–H groups in total. The van der Waals surface area contributed by atoms with E-state index in [0.717, 1.165) is 17.3 Å². The molecule has 0 aromatic heterocycles. The molecule has 3 nitrogen and oxygen atoms in total. The lowest BCUT2D eigenvalue weighted by molar-refractivity contribution is -0.118. The molecule has 0 radical (unpaired) electrons. The van der Waals surface area contributed by atoms with E-state index in [1.165, 1.54) is 49.0 Å². The van der Waals surface area contributed by atoms with Crippen LogP contribution >= 0.6 is 23.4 Å². The lowest BCUT2D eigenvalue weighted by Crippen LogP contribution is -2.30. The number of amides is 1. The van der Waals surface area contributed by atoms with Crippen LogP contribution in [0, 0.1) is 0 Å². The molecular formula is C22H27ClN2OS. The second kappa shape index (κ2) is 10.7. The highest BCUT2D eigenvalue weighted by Crippen LogP contribution is 2.17. The van der Waals surface area contributed by atoms with Crippen molar-refractivity contribution in [2.75, 3.05) is 18.8 Å². The highest BCUT2D eigenvalue weighted by molar-refractivity contribution is 7.99. The largest absolute Gasteiger partial charge is 0.351 e. The molecule has 1 fully saturated rings. The minimum absolute atomic E-state index is 0.0849. The minimum Gasteiger partial charge on any atom is -0.351 e. The third-order valence-electron chi connectivity index (χ3n) is 4.85. The summed E-state index contributed by atoms with van der Waals surface area (Å²) in [6.07, 6.45) is 3.94. The van der Waals surface area contributed by atoms with Gasteiger partial charge in [-0.05, 0) is 54.8 Å². The number of carbonyl (C=O) groups is 1. The maximum atomic E-state index is 12.2. The quantitative estimate of drug-likeness (QED) is 0.683. The van der Waals surface area contributed by atoms with Crippen LogP contribution in [0.5, 0.6) is 0 Å². The van der Waals surface area contributed by atoms with Crippen LogP contribution in [0.1, 0.15) is 36.0 Å². The van der Waals surface area contributed by atoms with Crippen molar-refractivity contribution in [1.82, 2.24) is 10.2 Å². The fourth-order valence-electron chi connectivity index (χ4n) is 3.33. The molecule has 0 spiro atoms. The summed E-state index contributed by atoms with van der Waals surface area (Å²) in [6.45, 7) is 3.95. The lowest BCUT2D eigenvalue weighted by Gasteiger charge is -2.27. The van der Waals surface area contributed by atoms with Gasteiger partial charge >= 0.3 is 0 Å². The van der Waals surface area contributed by atoms with Crippen LogP contribution in [0.2, 0.25) is 5.02 Å². The SMILES string of the molecule is O=C(CSCc1ccc(Cl)cc1)NCc1ccccc1CN1CCCCC1. The first-order valence-corrected chi connectivity index (χ1v) is 11.1. The van der Waals surface area contributed by atoms with Gasteiger partial charge in [-0.25, -0.2) is 0 Å². The molecule has 0 saturated carbocycles. The van der Waals surface area contributed by atoms with Crippen LogP contribution < -0.4 is 5.32 Å². The Kier molecular flexibility index (Phi) is 8.06. The van der Waals surface area contributed by atoms with Crippen molar-refractivity contribution in [1.29, 1.82) is 0 Å². The Morgan fingerprint density at radius 3 is 2.44 bits per heavy atom. The van der Waals surface area contributed by atoms with Crippen molar-refractivity contribution in [2.24, 2.45) is 0 Å². The van der Waals surface area contributed by atoms with Gasteiger partial charge < -0.3 is 5.32 Å². The van der Waals surface area contributed by atoms with E-state index in [2.05, 4.69) is 34.5 Å². The molecule has 0 unspecified atom stereocenters. The first kappa shape index (κ1) is 20.2. The number of nitrogens with one attached hydrogen (secondary N) is 1. The zero-order valence-corrected chi connectivity index (χ0v) is 17.2. The Morgan fingerprint density at radius 1 is 1.00 bits per heavy atom. The van der Waals surface area contributed by atoms with Gasteiger partial charge in [0.1, 0.15) is 0 Å². The molecule has 1 amide bonds. The van der Waals surface area contributed by atoms with Crippen molar-refractivity contribution >= 4 is 29.3 Å². The van der Waals surface area contributed by atoms with Crippen molar-refractivity contribution in [3.63, 3.8) is 0 Å². The summed E-state index contributed by atoms with van der Waals surface area (Å²) >= 11 is 7.52. The molecule has 27 heavy (non-hydrogen) atoms. The molecule has 0 aliphatic carbocycles. The fourth-order valence-corrected chi connectivity index (χ4v) is 4.27. The number of nitrogens with zero attached hydrogens (tertiary/aromatic N) is 1. The van der Waals surface area contributed by atoms with E-state index in [9.17, 15) is 4.79 Å². The predicted octanol–water partition coefficient (Wildman–Crippen LogP) is 4.88. The van der Waals surface area contributed by atoms with Gasteiger partial charge in [-0.15, -0.1) is 11.8 Å². The van der Waals surface area contributed by atoms with E-state index in [0.29, 0.717) is 12.3 Å². The third kappa shape index (κ3) is 6.87. The second-order valence-electron chi connectivity index (χ2n) is 7.00. The van der Waals surface area contributed by atoms with Crippen LogP contribution in [-0.2, 0) is 23.6 Å². The van der Waals surface area contributed by atoms with E-state index in [1.54, 1.807) is 11.8 Å². The summed E-state index contributed by atoms with van der Waals surface area (Å²) in [4.78, 5) is 14.7. The topological polar surface area (TPSA) is 32.3 Å². The molecule has 2 aromatic carbocycles. The highest BCUT2D eigenvalue weighted by atomic mass is 35.5. The molecule has 0 atom stereocenters. The number of thioether (sulfide) groups is 1. The van der Waals surface area contributed by atoms with Gasteiger partial charge in [-0.3, -0.25) is 9.69 Å². The zero-order chi connectivity index (χ0) is 18.9. The van der Waals surface area contributed by atoms with Crippen LogP contribution in [-0.4, -0.2) is 29.6 Å². The molecule has 2 aromatic rings. The van der Waals surface area contributed by atoms with E-state index in [1.807, 2.05) is 24.3 Å². The van der Waals surface area contributed by atoms with Gasteiger partial charge in [0.05, 0.1) is 5.75 Å². The van der Waals surface area contributed by atoms with Crippen LogP contribution in [0.4, 0.5) is 0 Å². The molecule has 1 heterocycles. The van der Waals surface area contributed by atoms with Gasteiger partial charge in [0.25, 0.3) is 0 Å². The Morgan fingerprint density at radius 2 is 1.70 bits per heavy atom. The minimum atomic E-state index is 0.0849. The fraction of sp³-hybridized carbons (Fsp3) is 0.409. The number of piperidine rings is 1. The number of carbonyl (C=O) groups excluding carboxylic acids is 1.